The minimum absolute atomic E-state index is 0.116. The van der Waals surface area contributed by atoms with Crippen molar-refractivity contribution in [1.82, 2.24) is 10.6 Å². The van der Waals surface area contributed by atoms with Crippen LogP contribution < -0.4 is 31.2 Å². The summed E-state index contributed by atoms with van der Waals surface area (Å²) in [5.74, 6) is 0.0524. The largest absolute Gasteiger partial charge is 0.422 e. The number of esters is 2. The van der Waals surface area contributed by atoms with Gasteiger partial charge in [0.15, 0.2) is 17.5 Å². The molecule has 1 atom stereocenters. The topological polar surface area (TPSA) is 147 Å². The molecule has 0 radical (unpaired) electrons. The summed E-state index contributed by atoms with van der Waals surface area (Å²) in [6, 6.07) is 7.98. The lowest BCUT2D eigenvalue weighted by Gasteiger charge is -2.21. The van der Waals surface area contributed by atoms with Gasteiger partial charge < -0.3 is 36.3 Å². The van der Waals surface area contributed by atoms with Crippen molar-refractivity contribution in [3.05, 3.63) is 45.9 Å². The van der Waals surface area contributed by atoms with E-state index in [9.17, 15) is 14.7 Å². The Balaban J connectivity index is 0.000000315. The molecule has 40 heavy (non-hydrogen) atoms. The fourth-order valence-electron chi connectivity index (χ4n) is 3.03. The Bertz CT molecular complexity index is 1220. The van der Waals surface area contributed by atoms with Gasteiger partial charge in [0, 0.05) is 18.8 Å². The van der Waals surface area contributed by atoms with Crippen molar-refractivity contribution in [3.8, 4) is 11.5 Å². The maximum atomic E-state index is 12.2. The van der Waals surface area contributed by atoms with Crippen LogP contribution in [0.4, 0.5) is 11.4 Å². The summed E-state index contributed by atoms with van der Waals surface area (Å²) in [4.78, 5) is 28.6. The lowest BCUT2D eigenvalue weighted by molar-refractivity contribution is -0.145. The molecule has 12 heteroatoms. The molecule has 10 nitrogen and oxygen atoms in total. The third kappa shape index (κ3) is 9.85. The first-order chi connectivity index (χ1) is 18.5. The lowest BCUT2D eigenvalue weighted by atomic mass is 9.97. The van der Waals surface area contributed by atoms with Gasteiger partial charge in [-0.1, -0.05) is 29.3 Å². The fraction of sp³-hybridized carbons (Fsp3) is 0.464. The number of aliphatic hydroxyl groups is 1. The second kappa shape index (κ2) is 14.0. The number of nitrogens with two attached hydrogens (primary N) is 1. The predicted octanol–water partition coefficient (Wildman–Crippen LogP) is 4.79. The van der Waals surface area contributed by atoms with Crippen molar-refractivity contribution in [2.75, 3.05) is 37.7 Å². The van der Waals surface area contributed by atoms with Crippen molar-refractivity contribution in [3.63, 3.8) is 0 Å². The molecule has 3 rings (SSSR count). The smallest absolute Gasteiger partial charge is 0.316 e. The molecule has 0 spiro atoms. The quantitative estimate of drug-likeness (QED) is 0.180. The van der Waals surface area contributed by atoms with E-state index in [2.05, 4.69) is 20.9 Å². The third-order valence-electron chi connectivity index (χ3n) is 5.36. The molecule has 0 aromatic heterocycles. The number of benzene rings is 2. The Morgan fingerprint density at radius 3 is 2.05 bits per heavy atom. The molecular weight excluding hydrogens is 557 g/mol. The van der Waals surface area contributed by atoms with Crippen molar-refractivity contribution < 1.29 is 24.2 Å². The zero-order valence-electron chi connectivity index (χ0n) is 23.9. The van der Waals surface area contributed by atoms with E-state index in [-0.39, 0.29) is 11.5 Å². The Hall–Kier alpha value is -3.05. The Morgan fingerprint density at radius 1 is 1.02 bits per heavy atom. The zero-order valence-corrected chi connectivity index (χ0v) is 25.5. The first kappa shape index (κ1) is 33.2. The minimum Gasteiger partial charge on any atom is -0.422 e. The van der Waals surface area contributed by atoms with Gasteiger partial charge in [-0.15, -0.1) is 0 Å². The maximum Gasteiger partial charge on any atom is 0.316 e. The molecule has 1 heterocycles. The molecule has 2 aromatic carbocycles. The molecule has 0 saturated carbocycles. The van der Waals surface area contributed by atoms with E-state index in [0.717, 1.165) is 13.1 Å². The molecule has 1 unspecified atom stereocenters. The molecule has 0 aliphatic carbocycles. The average molecular weight is 597 g/mol. The number of anilines is 2. The van der Waals surface area contributed by atoms with Gasteiger partial charge in [-0.3, -0.25) is 14.6 Å². The lowest BCUT2D eigenvalue weighted by Crippen LogP contribution is -2.28. The van der Waals surface area contributed by atoms with E-state index in [0.29, 0.717) is 39.5 Å². The monoisotopic (exact) mass is 595 g/mol. The summed E-state index contributed by atoms with van der Waals surface area (Å²) in [6.45, 7) is 12.3. The highest BCUT2D eigenvalue weighted by atomic mass is 35.5. The number of likely N-dealkylation sites (N-methyl/N-ethyl adjacent to an activating group) is 1. The number of hydrogen-bond acceptors (Lipinski definition) is 10. The van der Waals surface area contributed by atoms with Crippen LogP contribution in [0, 0.1) is 10.8 Å². The highest BCUT2D eigenvalue weighted by Crippen LogP contribution is 2.34. The van der Waals surface area contributed by atoms with E-state index in [1.54, 1.807) is 66.8 Å². The van der Waals surface area contributed by atoms with Crippen LogP contribution in [0.2, 0.25) is 10.0 Å². The molecule has 1 aliphatic heterocycles. The van der Waals surface area contributed by atoms with Gasteiger partial charge in [-0.25, -0.2) is 0 Å². The van der Waals surface area contributed by atoms with E-state index in [4.69, 9.17) is 38.4 Å². The molecule has 0 saturated heterocycles. The summed E-state index contributed by atoms with van der Waals surface area (Å²) >= 11 is 12.0. The SMILES string of the molecule is CNCC(O)c1ccc(OC(=O)C(C)(C)C)c(OC(=O)C(C)(C)C)c1.Nc1cc(Cl)c(NC2=NCCN2)c(Cl)c1. The summed E-state index contributed by atoms with van der Waals surface area (Å²) in [6.07, 6.45) is -0.774. The van der Waals surface area contributed by atoms with Crippen molar-refractivity contribution in [2.24, 2.45) is 15.8 Å². The first-order valence-corrected chi connectivity index (χ1v) is 13.5. The van der Waals surface area contributed by atoms with Crippen molar-refractivity contribution in [2.45, 2.75) is 47.6 Å². The number of nitrogens with zero attached hydrogens (tertiary/aromatic N) is 1. The summed E-state index contributed by atoms with van der Waals surface area (Å²) in [5.41, 5.74) is 5.90. The molecule has 220 valence electrons. The fourth-order valence-corrected chi connectivity index (χ4v) is 3.62. The number of rotatable bonds is 6. The van der Waals surface area contributed by atoms with Crippen LogP contribution >= 0.6 is 23.2 Å². The number of hydrogen-bond donors (Lipinski definition) is 5. The van der Waals surface area contributed by atoms with Crippen molar-refractivity contribution >= 4 is 52.5 Å². The van der Waals surface area contributed by atoms with Gasteiger partial charge in [0.2, 0.25) is 0 Å². The van der Waals surface area contributed by atoms with Crippen LogP contribution in [-0.4, -0.2) is 49.7 Å². The van der Waals surface area contributed by atoms with E-state index >= 15 is 0 Å². The van der Waals surface area contributed by atoms with Gasteiger partial charge in [-0.05, 0) is 78.4 Å². The normalized spacial score (nSPS) is 13.8. The van der Waals surface area contributed by atoms with Crippen molar-refractivity contribution in [1.29, 1.82) is 0 Å². The highest BCUT2D eigenvalue weighted by molar-refractivity contribution is 6.40. The first-order valence-electron chi connectivity index (χ1n) is 12.7. The van der Waals surface area contributed by atoms with Gasteiger partial charge in [0.25, 0.3) is 0 Å². The number of halogens is 2. The van der Waals surface area contributed by atoms with Gasteiger partial charge >= 0.3 is 11.9 Å². The zero-order chi connectivity index (χ0) is 30.3. The van der Waals surface area contributed by atoms with Crippen LogP contribution in [0.25, 0.3) is 0 Å². The molecule has 2 aromatic rings. The Labute approximate surface area is 245 Å². The van der Waals surface area contributed by atoms with Crippen LogP contribution in [0.1, 0.15) is 53.2 Å². The van der Waals surface area contributed by atoms with Gasteiger partial charge in [0.1, 0.15) is 0 Å². The van der Waals surface area contributed by atoms with E-state index in [1.165, 1.54) is 12.1 Å². The molecular formula is C28H39Cl2N5O5. The second-order valence-corrected chi connectivity index (χ2v) is 12.0. The third-order valence-corrected chi connectivity index (χ3v) is 5.96. The highest BCUT2D eigenvalue weighted by Gasteiger charge is 2.28. The maximum absolute atomic E-state index is 12.2. The van der Waals surface area contributed by atoms with Crippen LogP contribution in [-0.2, 0) is 9.59 Å². The summed E-state index contributed by atoms with van der Waals surface area (Å²) in [7, 11) is 1.73. The number of aliphatic hydroxyl groups excluding tert-OH is 1. The number of guanidine groups is 1. The predicted molar refractivity (Wildman–Crippen MR) is 160 cm³/mol. The number of aliphatic imine (C=N–C) groups is 1. The molecule has 0 bridgehead atoms. The van der Waals surface area contributed by atoms with Crippen LogP contribution in [0.5, 0.6) is 11.5 Å². The number of ether oxygens (including phenoxy) is 2. The number of nitrogens with one attached hydrogen (secondary N) is 3. The number of nitrogen functional groups attached to an aromatic ring is 1. The van der Waals surface area contributed by atoms with E-state index < -0.39 is 28.9 Å². The molecule has 0 fully saturated rings. The van der Waals surface area contributed by atoms with Gasteiger partial charge in [-0.2, -0.15) is 0 Å². The van der Waals surface area contributed by atoms with Gasteiger partial charge in [0.05, 0.1) is 39.2 Å². The molecule has 6 N–H and O–H groups in total. The summed E-state index contributed by atoms with van der Waals surface area (Å²) < 4.78 is 10.8. The standard InChI is InChI=1S/C19H29NO5.C9H10Cl2N4/c1-18(2,3)16(22)24-14-9-8-12(13(21)11-20-7)10-15(14)25-17(23)19(4,5)6;10-6-3-5(12)4-7(11)8(6)15-9-13-1-2-14-9/h8-10,13,20-21H,11H2,1-7H3;3-4H,1-2,12H2,(H2,13,14,15). The molecule has 1 aliphatic rings. The van der Waals surface area contributed by atoms with Crippen LogP contribution in [0.15, 0.2) is 35.3 Å². The molecule has 0 amide bonds. The average Bonchev–Trinajstić information content (AvgIpc) is 3.35. The Morgan fingerprint density at radius 2 is 1.57 bits per heavy atom. The van der Waals surface area contributed by atoms with Crippen LogP contribution in [0.3, 0.4) is 0 Å². The Kier molecular flexibility index (Phi) is 11.6. The van der Waals surface area contributed by atoms with E-state index in [1.807, 2.05) is 0 Å². The second-order valence-electron chi connectivity index (χ2n) is 11.2. The number of carbonyl (C=O) groups is 2. The minimum atomic E-state index is -0.774. The number of carbonyl (C=O) groups excluding carboxylic acids is 2. The summed E-state index contributed by atoms with van der Waals surface area (Å²) in [5, 5.41) is 20.1.